The molecule has 0 aromatic heterocycles. The molecule has 0 aliphatic rings. The van der Waals surface area contributed by atoms with Crippen molar-refractivity contribution in [1.82, 2.24) is 0 Å². The van der Waals surface area contributed by atoms with Crippen molar-refractivity contribution in [3.8, 4) is 5.75 Å². The van der Waals surface area contributed by atoms with Crippen LogP contribution in [0.5, 0.6) is 5.75 Å². The summed E-state index contributed by atoms with van der Waals surface area (Å²) in [5.41, 5.74) is 8.66. The molecule has 0 aliphatic heterocycles. The van der Waals surface area contributed by atoms with Gasteiger partial charge in [-0.15, -0.1) is 0 Å². The van der Waals surface area contributed by atoms with Crippen LogP contribution in [0.1, 0.15) is 55.6 Å². The van der Waals surface area contributed by atoms with Gasteiger partial charge in [-0.05, 0) is 53.8 Å². The molecule has 2 aromatic rings. The molecule has 0 saturated carbocycles. The standard InChI is InChI=1S/C20H25NO2/c1-5-12-23-18-11-8-15(20(2,3)4)13-17(18)19(22)14-6-9-16(21)10-7-14/h6-11,13H,5,12,21H2,1-4H3. The highest BCUT2D eigenvalue weighted by atomic mass is 16.5. The molecule has 2 N–H and O–H groups in total. The fourth-order valence-electron chi connectivity index (χ4n) is 2.30. The summed E-state index contributed by atoms with van der Waals surface area (Å²) in [7, 11) is 0. The van der Waals surface area contributed by atoms with E-state index >= 15 is 0 Å². The Labute approximate surface area is 138 Å². The summed E-state index contributed by atoms with van der Waals surface area (Å²) in [5, 5.41) is 0. The van der Waals surface area contributed by atoms with E-state index in [4.69, 9.17) is 10.5 Å². The van der Waals surface area contributed by atoms with E-state index in [0.29, 0.717) is 29.2 Å². The van der Waals surface area contributed by atoms with Crippen molar-refractivity contribution in [3.63, 3.8) is 0 Å². The SMILES string of the molecule is CCCOc1ccc(C(C)(C)C)cc1C(=O)c1ccc(N)cc1. The number of ether oxygens (including phenoxy) is 1. The number of hydrogen-bond acceptors (Lipinski definition) is 3. The van der Waals surface area contributed by atoms with Crippen LogP contribution in [0.2, 0.25) is 0 Å². The lowest BCUT2D eigenvalue weighted by Crippen LogP contribution is -2.14. The summed E-state index contributed by atoms with van der Waals surface area (Å²) in [4.78, 5) is 12.9. The van der Waals surface area contributed by atoms with Crippen LogP contribution in [0.3, 0.4) is 0 Å². The van der Waals surface area contributed by atoms with Crippen molar-refractivity contribution >= 4 is 11.5 Å². The molecule has 0 unspecified atom stereocenters. The van der Waals surface area contributed by atoms with Crippen LogP contribution in [0, 0.1) is 0 Å². The first kappa shape index (κ1) is 17.1. The van der Waals surface area contributed by atoms with Gasteiger partial charge in [0.15, 0.2) is 5.78 Å². The third kappa shape index (κ3) is 4.13. The van der Waals surface area contributed by atoms with Crippen molar-refractivity contribution < 1.29 is 9.53 Å². The third-order valence-electron chi connectivity index (χ3n) is 3.72. The van der Waals surface area contributed by atoms with E-state index < -0.39 is 0 Å². The van der Waals surface area contributed by atoms with Crippen LogP contribution in [0.4, 0.5) is 5.69 Å². The number of rotatable bonds is 5. The quantitative estimate of drug-likeness (QED) is 0.649. The average molecular weight is 311 g/mol. The summed E-state index contributed by atoms with van der Waals surface area (Å²) in [5.74, 6) is 0.601. The molecule has 0 heterocycles. The van der Waals surface area contributed by atoms with Gasteiger partial charge in [0.25, 0.3) is 0 Å². The van der Waals surface area contributed by atoms with Crippen LogP contribution >= 0.6 is 0 Å². The lowest BCUT2D eigenvalue weighted by atomic mass is 9.85. The average Bonchev–Trinajstić information content (AvgIpc) is 2.52. The lowest BCUT2D eigenvalue weighted by molar-refractivity contribution is 0.103. The lowest BCUT2D eigenvalue weighted by Gasteiger charge is -2.21. The Morgan fingerprint density at radius 1 is 1.09 bits per heavy atom. The Hall–Kier alpha value is -2.29. The molecule has 3 nitrogen and oxygen atoms in total. The largest absolute Gasteiger partial charge is 0.493 e. The van der Waals surface area contributed by atoms with Gasteiger partial charge in [0.2, 0.25) is 0 Å². The number of hydrogen-bond donors (Lipinski definition) is 1. The molecule has 23 heavy (non-hydrogen) atoms. The van der Waals surface area contributed by atoms with Crippen molar-refractivity contribution in [1.29, 1.82) is 0 Å². The monoisotopic (exact) mass is 311 g/mol. The van der Waals surface area contributed by atoms with E-state index in [1.54, 1.807) is 24.3 Å². The first-order valence-corrected chi connectivity index (χ1v) is 8.00. The van der Waals surface area contributed by atoms with E-state index in [2.05, 4.69) is 20.8 Å². The maximum atomic E-state index is 12.9. The van der Waals surface area contributed by atoms with Crippen molar-refractivity contribution in [2.45, 2.75) is 39.5 Å². The zero-order valence-electron chi connectivity index (χ0n) is 14.3. The van der Waals surface area contributed by atoms with E-state index in [1.165, 1.54) is 0 Å². The molecule has 2 aromatic carbocycles. The number of benzene rings is 2. The first-order chi connectivity index (χ1) is 10.8. The molecule has 0 atom stereocenters. The minimum absolute atomic E-state index is 0.0283. The highest BCUT2D eigenvalue weighted by Crippen LogP contribution is 2.30. The van der Waals surface area contributed by atoms with Crippen molar-refractivity contribution in [2.75, 3.05) is 12.3 Å². The number of carbonyl (C=O) groups excluding carboxylic acids is 1. The van der Waals surface area contributed by atoms with Crippen molar-refractivity contribution in [2.24, 2.45) is 0 Å². The third-order valence-corrected chi connectivity index (χ3v) is 3.72. The van der Waals surface area contributed by atoms with Gasteiger partial charge in [-0.25, -0.2) is 0 Å². The molecule has 0 bridgehead atoms. The minimum atomic E-state index is -0.0396. The zero-order valence-corrected chi connectivity index (χ0v) is 14.3. The van der Waals surface area contributed by atoms with Gasteiger partial charge in [0, 0.05) is 11.3 Å². The second kappa shape index (κ2) is 6.86. The Morgan fingerprint density at radius 3 is 2.30 bits per heavy atom. The molecular formula is C20H25NO2. The van der Waals surface area contributed by atoms with Crippen LogP contribution in [0.25, 0.3) is 0 Å². The molecule has 0 spiro atoms. The van der Waals surface area contributed by atoms with Crippen LogP contribution in [-0.4, -0.2) is 12.4 Å². The smallest absolute Gasteiger partial charge is 0.196 e. The summed E-state index contributed by atoms with van der Waals surface area (Å²) in [6, 6.07) is 12.9. The summed E-state index contributed by atoms with van der Waals surface area (Å²) in [6.45, 7) is 9.03. The molecule has 0 amide bonds. The number of anilines is 1. The van der Waals surface area contributed by atoms with E-state index in [0.717, 1.165) is 12.0 Å². The molecule has 3 heteroatoms. The van der Waals surface area contributed by atoms with Crippen molar-refractivity contribution in [3.05, 3.63) is 59.2 Å². The van der Waals surface area contributed by atoms with Crippen LogP contribution in [-0.2, 0) is 5.41 Å². The number of nitrogens with two attached hydrogens (primary N) is 1. The maximum absolute atomic E-state index is 12.9. The Kier molecular flexibility index (Phi) is 5.09. The predicted octanol–water partition coefficient (Wildman–Crippen LogP) is 4.59. The predicted molar refractivity (Wildman–Crippen MR) is 95.2 cm³/mol. The van der Waals surface area contributed by atoms with Gasteiger partial charge in [0.05, 0.1) is 12.2 Å². The summed E-state index contributed by atoms with van der Waals surface area (Å²) < 4.78 is 5.77. The van der Waals surface area contributed by atoms with Crippen LogP contribution < -0.4 is 10.5 Å². The first-order valence-electron chi connectivity index (χ1n) is 8.00. The van der Waals surface area contributed by atoms with Gasteiger partial charge < -0.3 is 10.5 Å². The van der Waals surface area contributed by atoms with Gasteiger partial charge >= 0.3 is 0 Å². The molecule has 0 aliphatic carbocycles. The number of carbonyl (C=O) groups is 1. The molecular weight excluding hydrogens is 286 g/mol. The van der Waals surface area contributed by atoms with Gasteiger partial charge in [-0.3, -0.25) is 4.79 Å². The molecule has 2 rings (SSSR count). The topological polar surface area (TPSA) is 52.3 Å². The molecule has 0 saturated heterocycles. The minimum Gasteiger partial charge on any atom is -0.493 e. The maximum Gasteiger partial charge on any atom is 0.196 e. The number of nitrogen functional groups attached to an aromatic ring is 1. The summed E-state index contributed by atoms with van der Waals surface area (Å²) >= 11 is 0. The van der Waals surface area contributed by atoms with E-state index in [9.17, 15) is 4.79 Å². The highest BCUT2D eigenvalue weighted by molar-refractivity contribution is 6.11. The van der Waals surface area contributed by atoms with E-state index in [-0.39, 0.29) is 11.2 Å². The number of ketones is 1. The zero-order chi connectivity index (χ0) is 17.0. The van der Waals surface area contributed by atoms with Crippen LogP contribution in [0.15, 0.2) is 42.5 Å². The highest BCUT2D eigenvalue weighted by Gasteiger charge is 2.20. The van der Waals surface area contributed by atoms with Gasteiger partial charge in [-0.2, -0.15) is 0 Å². The Bertz CT molecular complexity index is 682. The molecule has 122 valence electrons. The molecule has 0 radical (unpaired) electrons. The van der Waals surface area contributed by atoms with Gasteiger partial charge in [0.1, 0.15) is 5.75 Å². The molecule has 0 fully saturated rings. The second-order valence-corrected chi connectivity index (χ2v) is 6.76. The van der Waals surface area contributed by atoms with Gasteiger partial charge in [-0.1, -0.05) is 33.8 Å². The Morgan fingerprint density at radius 2 is 1.74 bits per heavy atom. The second-order valence-electron chi connectivity index (χ2n) is 6.76. The Balaban J connectivity index is 2.47. The fourth-order valence-corrected chi connectivity index (χ4v) is 2.30. The fraction of sp³-hybridized carbons (Fsp3) is 0.350. The summed E-state index contributed by atoms with van der Waals surface area (Å²) in [6.07, 6.45) is 0.899. The van der Waals surface area contributed by atoms with E-state index in [1.807, 2.05) is 25.1 Å². The normalized spacial score (nSPS) is 11.3.